The minimum atomic E-state index is -0.259. The Balaban J connectivity index is 1.81. The van der Waals surface area contributed by atoms with Gasteiger partial charge in [0.1, 0.15) is 12.1 Å². The Labute approximate surface area is 95.5 Å². The third-order valence-electron chi connectivity index (χ3n) is 4.08. The topological polar surface area (TPSA) is 32.8 Å². The van der Waals surface area contributed by atoms with Gasteiger partial charge in [-0.25, -0.2) is 5.06 Å². The quantitative estimate of drug-likeness (QED) is 0.594. The average molecular weight is 220 g/mol. The van der Waals surface area contributed by atoms with Gasteiger partial charge in [-0.05, 0) is 31.8 Å². The molecule has 1 atom stereocenters. The molecule has 0 aromatic carbocycles. The lowest BCUT2D eigenvalue weighted by Gasteiger charge is -2.49. The number of carbonyl (C=O) groups is 1. The highest BCUT2D eigenvalue weighted by atomic mass is 16.7. The molecule has 4 fully saturated rings. The molecule has 0 aromatic heterocycles. The van der Waals surface area contributed by atoms with E-state index in [1.54, 1.807) is 0 Å². The zero-order valence-electron chi connectivity index (χ0n) is 9.32. The summed E-state index contributed by atoms with van der Waals surface area (Å²) in [6.07, 6.45) is 8.04. The third kappa shape index (κ3) is 1.35. The van der Waals surface area contributed by atoms with Crippen molar-refractivity contribution in [3.05, 3.63) is 0 Å². The van der Waals surface area contributed by atoms with Gasteiger partial charge in [0.25, 0.3) is 0 Å². The maximum Gasteiger partial charge on any atom is 0.250 e. The summed E-state index contributed by atoms with van der Waals surface area (Å²) in [4.78, 5) is 20.1. The molecule has 1 unspecified atom stereocenters. The van der Waals surface area contributed by atoms with E-state index < -0.39 is 0 Å². The summed E-state index contributed by atoms with van der Waals surface area (Å²) in [6.45, 7) is 3.47. The number of nitrogens with zero attached hydrogens (tertiary/aromatic N) is 2. The number of hydrogen-bond donors (Lipinski definition) is 0. The first kappa shape index (κ1) is 10.1. The van der Waals surface area contributed by atoms with Crippen molar-refractivity contribution in [2.75, 3.05) is 26.2 Å². The number of terminal acetylenes is 1. The summed E-state index contributed by atoms with van der Waals surface area (Å²) in [5, 5.41) is 1.38. The van der Waals surface area contributed by atoms with Crippen LogP contribution in [0.4, 0.5) is 0 Å². The van der Waals surface area contributed by atoms with Crippen LogP contribution in [-0.2, 0) is 9.63 Å². The molecule has 4 aliphatic rings. The second-order valence-electron chi connectivity index (χ2n) is 5.02. The molecule has 4 heterocycles. The molecule has 1 amide bonds. The van der Waals surface area contributed by atoms with Crippen molar-refractivity contribution in [3.63, 3.8) is 0 Å². The van der Waals surface area contributed by atoms with E-state index in [0.29, 0.717) is 12.3 Å². The molecule has 0 aliphatic carbocycles. The van der Waals surface area contributed by atoms with E-state index in [4.69, 9.17) is 11.3 Å². The summed E-state index contributed by atoms with van der Waals surface area (Å²) < 4.78 is 0. The summed E-state index contributed by atoms with van der Waals surface area (Å²) in [7, 11) is 0. The van der Waals surface area contributed by atoms with Crippen molar-refractivity contribution in [1.29, 1.82) is 0 Å². The van der Waals surface area contributed by atoms with Crippen LogP contribution in [0.1, 0.15) is 19.3 Å². The van der Waals surface area contributed by atoms with Gasteiger partial charge in [0.15, 0.2) is 0 Å². The molecule has 4 rings (SSSR count). The Morgan fingerprint density at radius 2 is 2.25 bits per heavy atom. The predicted octanol–water partition coefficient (Wildman–Crippen LogP) is 0.248. The minimum absolute atomic E-state index is 0.0479. The van der Waals surface area contributed by atoms with Crippen molar-refractivity contribution < 1.29 is 9.63 Å². The van der Waals surface area contributed by atoms with Crippen LogP contribution in [0.25, 0.3) is 0 Å². The molecule has 0 aromatic rings. The predicted molar refractivity (Wildman–Crippen MR) is 58.1 cm³/mol. The fourth-order valence-electron chi connectivity index (χ4n) is 3.28. The van der Waals surface area contributed by atoms with Crippen molar-refractivity contribution in [2.45, 2.75) is 24.9 Å². The van der Waals surface area contributed by atoms with Crippen molar-refractivity contribution >= 4 is 5.91 Å². The third-order valence-corrected chi connectivity index (χ3v) is 4.08. The highest BCUT2D eigenvalue weighted by Gasteiger charge is 2.54. The molecule has 0 radical (unpaired) electrons. The largest absolute Gasteiger partial charge is 0.300 e. The van der Waals surface area contributed by atoms with Gasteiger partial charge >= 0.3 is 0 Å². The lowest BCUT2D eigenvalue weighted by atomic mass is 9.74. The number of hydrogen-bond acceptors (Lipinski definition) is 3. The van der Waals surface area contributed by atoms with Gasteiger partial charge in [-0.2, -0.15) is 0 Å². The second-order valence-corrected chi connectivity index (χ2v) is 5.02. The lowest BCUT2D eigenvalue weighted by Crippen LogP contribution is -2.59. The van der Waals surface area contributed by atoms with Gasteiger partial charge in [-0.15, -0.1) is 6.42 Å². The van der Waals surface area contributed by atoms with Crippen molar-refractivity contribution in [2.24, 2.45) is 5.92 Å². The molecule has 4 saturated heterocycles. The van der Waals surface area contributed by atoms with E-state index in [2.05, 4.69) is 10.8 Å². The number of carbonyl (C=O) groups excluding carboxylic acids is 1. The molecule has 4 heteroatoms. The number of amides is 1. The van der Waals surface area contributed by atoms with Crippen molar-refractivity contribution in [3.8, 4) is 12.3 Å². The molecule has 4 nitrogen and oxygen atoms in total. The molecule has 2 bridgehead atoms. The number of fused-ring (bicyclic) bond motifs is 2. The van der Waals surface area contributed by atoms with Crippen LogP contribution in [0.3, 0.4) is 0 Å². The Bertz CT molecular complexity index is 355. The lowest BCUT2D eigenvalue weighted by molar-refractivity contribution is -0.234. The molecule has 0 saturated carbocycles. The molecular formula is C12H16N2O2. The van der Waals surface area contributed by atoms with Gasteiger partial charge in [0.05, 0.1) is 6.42 Å². The van der Waals surface area contributed by atoms with Crippen LogP contribution in [0.2, 0.25) is 0 Å². The van der Waals surface area contributed by atoms with Crippen LogP contribution in [0.5, 0.6) is 0 Å². The van der Waals surface area contributed by atoms with Crippen LogP contribution < -0.4 is 0 Å². The molecule has 1 spiro atoms. The monoisotopic (exact) mass is 220 g/mol. The highest BCUT2D eigenvalue weighted by Crippen LogP contribution is 2.44. The van der Waals surface area contributed by atoms with Crippen LogP contribution in [0, 0.1) is 18.3 Å². The van der Waals surface area contributed by atoms with Gasteiger partial charge in [-0.1, -0.05) is 5.92 Å². The number of rotatable bonds is 1. The van der Waals surface area contributed by atoms with Crippen LogP contribution >= 0.6 is 0 Å². The van der Waals surface area contributed by atoms with Gasteiger partial charge in [0, 0.05) is 6.54 Å². The Kier molecular flexibility index (Phi) is 2.20. The first-order chi connectivity index (χ1) is 7.73. The van der Waals surface area contributed by atoms with Gasteiger partial charge in [-0.3, -0.25) is 9.63 Å². The Hall–Kier alpha value is -1.05. The van der Waals surface area contributed by atoms with E-state index in [0.717, 1.165) is 32.5 Å². The first-order valence-corrected chi connectivity index (χ1v) is 5.89. The summed E-state index contributed by atoms with van der Waals surface area (Å²) in [5.41, 5.74) is -0.259. The number of piperidine rings is 3. The second kappa shape index (κ2) is 3.47. The molecular weight excluding hydrogens is 204 g/mol. The summed E-state index contributed by atoms with van der Waals surface area (Å²) in [6, 6.07) is 0. The fourth-order valence-corrected chi connectivity index (χ4v) is 3.28. The standard InChI is InChI=1S/C12H16N2O2/c1-2-5-14-11(15)8-12(16-14)9-13-6-3-10(12)4-7-13/h1,10H,3-9H2. The van der Waals surface area contributed by atoms with E-state index in [9.17, 15) is 4.79 Å². The van der Waals surface area contributed by atoms with E-state index in [1.165, 1.54) is 5.06 Å². The zero-order valence-corrected chi connectivity index (χ0v) is 9.32. The van der Waals surface area contributed by atoms with E-state index in [-0.39, 0.29) is 18.1 Å². The maximum atomic E-state index is 11.8. The Morgan fingerprint density at radius 3 is 2.81 bits per heavy atom. The fraction of sp³-hybridized carbons (Fsp3) is 0.750. The number of hydroxylamine groups is 2. The minimum Gasteiger partial charge on any atom is -0.300 e. The Morgan fingerprint density at radius 1 is 1.50 bits per heavy atom. The first-order valence-electron chi connectivity index (χ1n) is 5.89. The average Bonchev–Trinajstić information content (AvgIpc) is 2.57. The smallest absolute Gasteiger partial charge is 0.250 e. The summed E-state index contributed by atoms with van der Waals surface area (Å²) >= 11 is 0. The summed E-state index contributed by atoms with van der Waals surface area (Å²) in [5.74, 6) is 3.05. The molecule has 0 N–H and O–H groups in total. The van der Waals surface area contributed by atoms with E-state index in [1.807, 2.05) is 0 Å². The van der Waals surface area contributed by atoms with E-state index >= 15 is 0 Å². The SMILES string of the molecule is C#CCN1OC2(CC1=O)CN1CCC2CC1. The maximum absolute atomic E-state index is 11.8. The normalized spacial score (nSPS) is 41.7. The molecule has 86 valence electrons. The van der Waals surface area contributed by atoms with Gasteiger partial charge < -0.3 is 4.90 Å². The van der Waals surface area contributed by atoms with Crippen LogP contribution in [0.15, 0.2) is 0 Å². The van der Waals surface area contributed by atoms with Gasteiger partial charge in [0.2, 0.25) is 5.91 Å². The molecule has 4 aliphatic heterocycles. The zero-order chi connectivity index (χ0) is 11.2. The highest BCUT2D eigenvalue weighted by molar-refractivity contribution is 5.78. The van der Waals surface area contributed by atoms with Crippen molar-refractivity contribution in [1.82, 2.24) is 9.96 Å². The molecule has 16 heavy (non-hydrogen) atoms. The van der Waals surface area contributed by atoms with Crippen LogP contribution in [-0.4, -0.2) is 47.7 Å².